The summed E-state index contributed by atoms with van der Waals surface area (Å²) in [6, 6.07) is 13.0. The van der Waals surface area contributed by atoms with Gasteiger partial charge in [-0.05, 0) is 48.5 Å². The molecule has 0 aliphatic carbocycles. The predicted molar refractivity (Wildman–Crippen MR) is 107 cm³/mol. The standard InChI is InChI=1S/C18H19Cl2N3O3S/c19-14-1-5-16(6-2-14)21-18(24)13-22-9-11-23(12-10-22)27(25,26)17-7-3-15(20)4-8-17/h1-8H,9-13H2,(H,21,24). The van der Waals surface area contributed by atoms with Crippen LogP contribution < -0.4 is 5.32 Å². The highest BCUT2D eigenvalue weighted by Crippen LogP contribution is 2.20. The van der Waals surface area contributed by atoms with E-state index in [1.807, 2.05) is 4.90 Å². The van der Waals surface area contributed by atoms with Gasteiger partial charge in [0.05, 0.1) is 11.4 Å². The van der Waals surface area contributed by atoms with Crippen LogP contribution in [0.15, 0.2) is 53.4 Å². The Morgan fingerprint density at radius 2 is 1.41 bits per heavy atom. The fourth-order valence-corrected chi connectivity index (χ4v) is 4.49. The molecule has 1 N–H and O–H groups in total. The third-order valence-electron chi connectivity index (χ3n) is 4.28. The molecule has 27 heavy (non-hydrogen) atoms. The van der Waals surface area contributed by atoms with Crippen molar-refractivity contribution in [3.63, 3.8) is 0 Å². The van der Waals surface area contributed by atoms with Crippen LogP contribution in [0.1, 0.15) is 0 Å². The van der Waals surface area contributed by atoms with Crippen molar-refractivity contribution in [1.82, 2.24) is 9.21 Å². The molecule has 0 saturated carbocycles. The fraction of sp³-hybridized carbons (Fsp3) is 0.278. The van der Waals surface area contributed by atoms with Crippen molar-refractivity contribution in [3.8, 4) is 0 Å². The molecule has 1 aliphatic heterocycles. The molecular weight excluding hydrogens is 409 g/mol. The van der Waals surface area contributed by atoms with E-state index in [0.29, 0.717) is 41.9 Å². The van der Waals surface area contributed by atoms with Crippen LogP contribution in [-0.4, -0.2) is 56.3 Å². The predicted octanol–water partition coefficient (Wildman–Crippen LogP) is 2.94. The van der Waals surface area contributed by atoms with Crippen LogP contribution in [0.5, 0.6) is 0 Å². The van der Waals surface area contributed by atoms with Crippen molar-refractivity contribution in [2.45, 2.75) is 4.90 Å². The number of nitrogens with one attached hydrogen (secondary N) is 1. The Morgan fingerprint density at radius 3 is 1.96 bits per heavy atom. The first-order valence-electron chi connectivity index (χ1n) is 8.38. The van der Waals surface area contributed by atoms with Gasteiger partial charge in [0.1, 0.15) is 0 Å². The second-order valence-electron chi connectivity index (χ2n) is 6.19. The third kappa shape index (κ3) is 5.21. The van der Waals surface area contributed by atoms with E-state index < -0.39 is 10.0 Å². The Morgan fingerprint density at radius 1 is 0.889 bits per heavy atom. The zero-order valence-electron chi connectivity index (χ0n) is 14.4. The second kappa shape index (κ2) is 8.58. The van der Waals surface area contributed by atoms with Gasteiger partial charge in [-0.25, -0.2) is 8.42 Å². The molecule has 2 aromatic rings. The van der Waals surface area contributed by atoms with E-state index in [2.05, 4.69) is 5.32 Å². The summed E-state index contributed by atoms with van der Waals surface area (Å²) in [6.07, 6.45) is 0. The monoisotopic (exact) mass is 427 g/mol. The highest BCUT2D eigenvalue weighted by molar-refractivity contribution is 7.89. The summed E-state index contributed by atoms with van der Waals surface area (Å²) < 4.78 is 26.8. The molecule has 0 radical (unpaired) electrons. The zero-order valence-corrected chi connectivity index (χ0v) is 16.8. The van der Waals surface area contributed by atoms with E-state index in [9.17, 15) is 13.2 Å². The molecular formula is C18H19Cl2N3O3S. The third-order valence-corrected chi connectivity index (χ3v) is 6.69. The zero-order chi connectivity index (χ0) is 19.4. The molecule has 6 nitrogen and oxygen atoms in total. The first-order chi connectivity index (χ1) is 12.8. The molecule has 144 valence electrons. The number of benzene rings is 2. The van der Waals surface area contributed by atoms with Gasteiger partial charge in [-0.3, -0.25) is 9.69 Å². The highest BCUT2D eigenvalue weighted by atomic mass is 35.5. The number of amides is 1. The number of anilines is 1. The van der Waals surface area contributed by atoms with Crippen LogP contribution in [0.25, 0.3) is 0 Å². The molecule has 1 heterocycles. The average Bonchev–Trinajstić information content (AvgIpc) is 2.64. The van der Waals surface area contributed by atoms with Crippen LogP contribution in [-0.2, 0) is 14.8 Å². The van der Waals surface area contributed by atoms with E-state index in [-0.39, 0.29) is 17.3 Å². The van der Waals surface area contributed by atoms with Crippen molar-refractivity contribution < 1.29 is 13.2 Å². The molecule has 9 heteroatoms. The van der Waals surface area contributed by atoms with Crippen molar-refractivity contribution in [1.29, 1.82) is 0 Å². The lowest BCUT2D eigenvalue weighted by molar-refractivity contribution is -0.117. The number of hydrogen-bond donors (Lipinski definition) is 1. The van der Waals surface area contributed by atoms with Crippen LogP contribution in [0, 0.1) is 0 Å². The minimum absolute atomic E-state index is 0.147. The van der Waals surface area contributed by atoms with Crippen molar-refractivity contribution >= 4 is 44.8 Å². The van der Waals surface area contributed by atoms with E-state index in [4.69, 9.17) is 23.2 Å². The smallest absolute Gasteiger partial charge is 0.243 e. The maximum atomic E-state index is 12.7. The Bertz CT molecular complexity index is 894. The van der Waals surface area contributed by atoms with Gasteiger partial charge in [0, 0.05) is 41.9 Å². The van der Waals surface area contributed by atoms with Crippen molar-refractivity contribution in [3.05, 3.63) is 58.6 Å². The molecule has 0 unspecified atom stereocenters. The van der Waals surface area contributed by atoms with Gasteiger partial charge >= 0.3 is 0 Å². The first-order valence-corrected chi connectivity index (χ1v) is 10.6. The second-order valence-corrected chi connectivity index (χ2v) is 9.00. The van der Waals surface area contributed by atoms with Gasteiger partial charge in [0.25, 0.3) is 0 Å². The van der Waals surface area contributed by atoms with Crippen molar-refractivity contribution in [2.75, 3.05) is 38.0 Å². The maximum Gasteiger partial charge on any atom is 0.243 e. The topological polar surface area (TPSA) is 69.7 Å². The lowest BCUT2D eigenvalue weighted by Gasteiger charge is -2.33. The lowest BCUT2D eigenvalue weighted by Crippen LogP contribution is -2.50. The van der Waals surface area contributed by atoms with E-state index >= 15 is 0 Å². The van der Waals surface area contributed by atoms with Crippen LogP contribution in [0.2, 0.25) is 10.0 Å². The number of carbonyl (C=O) groups is 1. The highest BCUT2D eigenvalue weighted by Gasteiger charge is 2.29. The summed E-state index contributed by atoms with van der Waals surface area (Å²) in [5.74, 6) is -0.147. The Labute approximate surface area is 168 Å². The summed E-state index contributed by atoms with van der Waals surface area (Å²) in [7, 11) is -3.55. The summed E-state index contributed by atoms with van der Waals surface area (Å²) in [5, 5.41) is 3.90. The Hall–Kier alpha value is -1.64. The summed E-state index contributed by atoms with van der Waals surface area (Å²) in [4.78, 5) is 14.3. The molecule has 1 aliphatic rings. The number of nitrogens with zero attached hydrogens (tertiary/aromatic N) is 2. The van der Waals surface area contributed by atoms with Gasteiger partial charge in [0.15, 0.2) is 0 Å². The fourth-order valence-electron chi connectivity index (χ4n) is 2.82. The van der Waals surface area contributed by atoms with Crippen molar-refractivity contribution in [2.24, 2.45) is 0 Å². The molecule has 3 rings (SSSR count). The minimum atomic E-state index is -3.55. The Kier molecular flexibility index (Phi) is 6.39. The number of piperazine rings is 1. The first kappa shape index (κ1) is 20.1. The molecule has 0 bridgehead atoms. The number of halogens is 2. The van der Waals surface area contributed by atoms with Gasteiger partial charge in [-0.15, -0.1) is 0 Å². The average molecular weight is 428 g/mol. The summed E-state index contributed by atoms with van der Waals surface area (Å²) >= 11 is 11.6. The van der Waals surface area contributed by atoms with Gasteiger partial charge in [-0.1, -0.05) is 23.2 Å². The lowest BCUT2D eigenvalue weighted by atomic mass is 10.3. The maximum absolute atomic E-state index is 12.7. The summed E-state index contributed by atoms with van der Waals surface area (Å²) in [6.45, 7) is 1.84. The number of carbonyl (C=O) groups excluding carboxylic acids is 1. The number of sulfonamides is 1. The number of rotatable bonds is 5. The van der Waals surface area contributed by atoms with Gasteiger partial charge in [-0.2, -0.15) is 4.31 Å². The normalized spacial score (nSPS) is 16.2. The molecule has 2 aromatic carbocycles. The Balaban J connectivity index is 1.53. The summed E-state index contributed by atoms with van der Waals surface area (Å²) in [5.41, 5.74) is 0.674. The van der Waals surface area contributed by atoms with Crippen LogP contribution in [0.4, 0.5) is 5.69 Å². The molecule has 0 aromatic heterocycles. The minimum Gasteiger partial charge on any atom is -0.325 e. The molecule has 1 fully saturated rings. The largest absolute Gasteiger partial charge is 0.325 e. The molecule has 0 atom stereocenters. The van der Waals surface area contributed by atoms with E-state index in [1.165, 1.54) is 16.4 Å². The van der Waals surface area contributed by atoms with Crippen LogP contribution >= 0.6 is 23.2 Å². The van der Waals surface area contributed by atoms with E-state index in [1.54, 1.807) is 36.4 Å². The van der Waals surface area contributed by atoms with Crippen LogP contribution in [0.3, 0.4) is 0 Å². The number of hydrogen-bond acceptors (Lipinski definition) is 4. The van der Waals surface area contributed by atoms with E-state index in [0.717, 1.165) is 0 Å². The van der Waals surface area contributed by atoms with Gasteiger partial charge < -0.3 is 5.32 Å². The molecule has 1 amide bonds. The molecule has 1 saturated heterocycles. The van der Waals surface area contributed by atoms with Gasteiger partial charge in [0.2, 0.25) is 15.9 Å². The quantitative estimate of drug-likeness (QED) is 0.795. The SMILES string of the molecule is O=C(CN1CCN(S(=O)(=O)c2ccc(Cl)cc2)CC1)Nc1ccc(Cl)cc1. The molecule has 0 spiro atoms.